The lowest BCUT2D eigenvalue weighted by molar-refractivity contribution is -0.123. The minimum atomic E-state index is -0.244. The van der Waals surface area contributed by atoms with Gasteiger partial charge < -0.3 is 5.32 Å². The average molecular weight is 243 g/mol. The molecule has 1 aromatic heterocycles. The van der Waals surface area contributed by atoms with E-state index >= 15 is 0 Å². The summed E-state index contributed by atoms with van der Waals surface area (Å²) in [4.78, 5) is 22.8. The van der Waals surface area contributed by atoms with Crippen LogP contribution in [0, 0.1) is 6.92 Å². The lowest BCUT2D eigenvalue weighted by Crippen LogP contribution is -2.45. The van der Waals surface area contributed by atoms with E-state index in [9.17, 15) is 9.59 Å². The molecule has 0 saturated carbocycles. The van der Waals surface area contributed by atoms with Crippen LogP contribution in [-0.4, -0.2) is 21.2 Å². The first-order chi connectivity index (χ1) is 7.34. The van der Waals surface area contributed by atoms with Gasteiger partial charge in [0.2, 0.25) is 5.91 Å². The molecule has 6 heteroatoms. The quantitative estimate of drug-likeness (QED) is 0.855. The van der Waals surface area contributed by atoms with Gasteiger partial charge in [0.15, 0.2) is 0 Å². The number of aromatic nitrogens is 2. The smallest absolute Gasteiger partial charge is 0.325 e. The number of aryl methyl sites for hydroxylation is 1. The van der Waals surface area contributed by atoms with Crippen molar-refractivity contribution in [3.63, 3.8) is 0 Å². The van der Waals surface area contributed by atoms with Crippen molar-refractivity contribution < 1.29 is 4.79 Å². The van der Waals surface area contributed by atoms with Gasteiger partial charge in [0, 0.05) is 5.54 Å². The molecule has 0 fully saturated rings. The normalized spacial score (nSPS) is 11.5. The van der Waals surface area contributed by atoms with Crippen molar-refractivity contribution in [2.45, 2.75) is 46.2 Å². The largest absolute Gasteiger partial charge is 0.350 e. The Morgan fingerprint density at radius 3 is 2.62 bits per heavy atom. The third kappa shape index (κ3) is 3.44. The molecule has 1 N–H and O–H groups in total. The highest BCUT2D eigenvalue weighted by Gasteiger charge is 2.18. The highest BCUT2D eigenvalue weighted by atomic mass is 32.1. The van der Waals surface area contributed by atoms with Crippen molar-refractivity contribution in [2.24, 2.45) is 0 Å². The molecular formula is C10H17N3O2S. The minimum absolute atomic E-state index is 0.00734. The van der Waals surface area contributed by atoms with E-state index < -0.39 is 0 Å². The van der Waals surface area contributed by atoms with Crippen LogP contribution in [-0.2, 0) is 11.3 Å². The lowest BCUT2D eigenvalue weighted by Gasteiger charge is -2.24. The molecule has 0 atom stereocenters. The van der Waals surface area contributed by atoms with Crippen LogP contribution in [0.2, 0.25) is 0 Å². The number of hydrogen-bond donors (Lipinski definition) is 1. The van der Waals surface area contributed by atoms with Gasteiger partial charge in [0.25, 0.3) is 0 Å². The second-order valence-electron chi connectivity index (χ2n) is 4.33. The van der Waals surface area contributed by atoms with E-state index in [0.29, 0.717) is 5.01 Å². The fourth-order valence-corrected chi connectivity index (χ4v) is 1.75. The molecule has 1 aromatic rings. The Morgan fingerprint density at radius 1 is 1.56 bits per heavy atom. The van der Waals surface area contributed by atoms with Gasteiger partial charge in [-0.3, -0.25) is 9.59 Å². The third-order valence-electron chi connectivity index (χ3n) is 2.36. The van der Waals surface area contributed by atoms with Crippen molar-refractivity contribution >= 4 is 17.2 Å². The van der Waals surface area contributed by atoms with E-state index in [1.54, 1.807) is 6.92 Å². The van der Waals surface area contributed by atoms with Crippen LogP contribution in [0.15, 0.2) is 4.79 Å². The fourth-order valence-electron chi connectivity index (χ4n) is 1.15. The minimum Gasteiger partial charge on any atom is -0.350 e. The predicted molar refractivity (Wildman–Crippen MR) is 63.6 cm³/mol. The van der Waals surface area contributed by atoms with E-state index in [-0.39, 0.29) is 22.9 Å². The van der Waals surface area contributed by atoms with Crippen molar-refractivity contribution in [3.8, 4) is 0 Å². The van der Waals surface area contributed by atoms with E-state index in [1.807, 2.05) is 20.8 Å². The topological polar surface area (TPSA) is 64.0 Å². The summed E-state index contributed by atoms with van der Waals surface area (Å²) in [5.74, 6) is -0.181. The van der Waals surface area contributed by atoms with Gasteiger partial charge in [-0.1, -0.05) is 18.3 Å². The number of rotatable bonds is 4. The third-order valence-corrected chi connectivity index (χ3v) is 3.12. The van der Waals surface area contributed by atoms with Crippen LogP contribution in [0.3, 0.4) is 0 Å². The summed E-state index contributed by atoms with van der Waals surface area (Å²) in [6.07, 6.45) is 0.837. The molecule has 0 radical (unpaired) electrons. The zero-order valence-corrected chi connectivity index (χ0v) is 10.8. The predicted octanol–water partition coefficient (Wildman–Crippen LogP) is 0.918. The highest BCUT2D eigenvalue weighted by molar-refractivity contribution is 7.08. The molecular weight excluding hydrogens is 226 g/mol. The van der Waals surface area contributed by atoms with Crippen LogP contribution < -0.4 is 10.2 Å². The molecule has 0 spiro atoms. The van der Waals surface area contributed by atoms with Gasteiger partial charge in [-0.25, -0.2) is 4.68 Å². The summed E-state index contributed by atoms with van der Waals surface area (Å²) in [6.45, 7) is 7.63. The maximum atomic E-state index is 11.6. The van der Waals surface area contributed by atoms with Crippen molar-refractivity contribution in [1.29, 1.82) is 0 Å². The van der Waals surface area contributed by atoms with Crippen LogP contribution in [0.1, 0.15) is 32.2 Å². The van der Waals surface area contributed by atoms with E-state index in [4.69, 9.17) is 0 Å². The summed E-state index contributed by atoms with van der Waals surface area (Å²) in [6, 6.07) is 0. The molecule has 0 saturated heterocycles. The Bertz CT molecular complexity index is 434. The zero-order chi connectivity index (χ0) is 12.3. The Balaban J connectivity index is 2.66. The summed E-state index contributed by atoms with van der Waals surface area (Å²) >= 11 is 1.05. The number of amides is 1. The zero-order valence-electron chi connectivity index (χ0n) is 10.0. The van der Waals surface area contributed by atoms with Gasteiger partial charge in [-0.2, -0.15) is 5.10 Å². The van der Waals surface area contributed by atoms with Crippen LogP contribution in [0.25, 0.3) is 0 Å². The Morgan fingerprint density at radius 2 is 2.19 bits per heavy atom. The molecule has 0 bridgehead atoms. The molecule has 1 rings (SSSR count). The summed E-state index contributed by atoms with van der Waals surface area (Å²) in [5, 5.41) is 7.50. The molecule has 0 aliphatic carbocycles. The maximum absolute atomic E-state index is 11.6. The number of carbonyl (C=O) groups is 1. The Labute approximate surface area is 98.5 Å². The standard InChI is InChI=1S/C10H17N3O2S/c1-5-10(3,4)11-8(14)6-13-9(15)16-7(2)12-13/h5-6H2,1-4H3,(H,11,14). The van der Waals surface area contributed by atoms with Crippen LogP contribution >= 0.6 is 11.3 Å². The van der Waals surface area contributed by atoms with Crippen LogP contribution in [0.5, 0.6) is 0 Å². The monoisotopic (exact) mass is 243 g/mol. The van der Waals surface area contributed by atoms with Gasteiger partial charge in [-0.15, -0.1) is 0 Å². The second-order valence-corrected chi connectivity index (χ2v) is 5.47. The van der Waals surface area contributed by atoms with Crippen molar-refractivity contribution in [3.05, 3.63) is 14.7 Å². The van der Waals surface area contributed by atoms with Gasteiger partial charge in [0.1, 0.15) is 11.6 Å². The highest BCUT2D eigenvalue weighted by Crippen LogP contribution is 2.06. The first-order valence-corrected chi connectivity index (χ1v) is 6.01. The van der Waals surface area contributed by atoms with E-state index in [2.05, 4.69) is 10.4 Å². The van der Waals surface area contributed by atoms with Gasteiger partial charge >= 0.3 is 4.87 Å². The fraction of sp³-hybridized carbons (Fsp3) is 0.700. The first kappa shape index (κ1) is 12.9. The van der Waals surface area contributed by atoms with E-state index in [0.717, 1.165) is 17.8 Å². The lowest BCUT2D eigenvalue weighted by atomic mass is 10.0. The average Bonchev–Trinajstić information content (AvgIpc) is 2.44. The molecule has 16 heavy (non-hydrogen) atoms. The number of nitrogens with one attached hydrogen (secondary N) is 1. The summed E-state index contributed by atoms with van der Waals surface area (Å²) < 4.78 is 1.20. The van der Waals surface area contributed by atoms with E-state index in [1.165, 1.54) is 4.68 Å². The molecule has 0 aliphatic rings. The Hall–Kier alpha value is -1.17. The van der Waals surface area contributed by atoms with Crippen LogP contribution in [0.4, 0.5) is 0 Å². The molecule has 0 aromatic carbocycles. The number of carbonyl (C=O) groups excluding carboxylic acids is 1. The number of nitrogens with zero attached hydrogens (tertiary/aromatic N) is 2. The summed E-state index contributed by atoms with van der Waals surface area (Å²) in [7, 11) is 0. The molecule has 5 nitrogen and oxygen atoms in total. The first-order valence-electron chi connectivity index (χ1n) is 5.19. The molecule has 0 unspecified atom stereocenters. The SMILES string of the molecule is CCC(C)(C)NC(=O)Cn1nc(C)sc1=O. The summed E-state index contributed by atoms with van der Waals surface area (Å²) in [5.41, 5.74) is -0.244. The maximum Gasteiger partial charge on any atom is 0.325 e. The molecule has 90 valence electrons. The second kappa shape index (κ2) is 4.78. The van der Waals surface area contributed by atoms with Gasteiger partial charge in [0.05, 0.1) is 0 Å². The van der Waals surface area contributed by atoms with Crippen molar-refractivity contribution in [2.75, 3.05) is 0 Å². The molecule has 1 heterocycles. The molecule has 1 amide bonds. The van der Waals surface area contributed by atoms with Crippen molar-refractivity contribution in [1.82, 2.24) is 15.1 Å². The van der Waals surface area contributed by atoms with Gasteiger partial charge in [-0.05, 0) is 27.2 Å². The number of hydrogen-bond acceptors (Lipinski definition) is 4. The molecule has 0 aliphatic heterocycles. The Kier molecular flexibility index (Phi) is 3.85.